The van der Waals surface area contributed by atoms with Crippen LogP contribution in [-0.2, 0) is 14.2 Å². The lowest BCUT2D eigenvalue weighted by atomic mass is 9.95. The fraction of sp³-hybridized carbons (Fsp3) is 0.579. The van der Waals surface area contributed by atoms with Crippen molar-refractivity contribution in [2.24, 2.45) is 5.92 Å². The molecule has 10 heteroatoms. The summed E-state index contributed by atoms with van der Waals surface area (Å²) in [7, 11) is 0. The van der Waals surface area contributed by atoms with Crippen molar-refractivity contribution in [1.82, 2.24) is 19.5 Å². The summed E-state index contributed by atoms with van der Waals surface area (Å²) in [5, 5.41) is 2.68. The number of carbonyl (C=O) groups is 1. The first kappa shape index (κ1) is 20.1. The van der Waals surface area contributed by atoms with Gasteiger partial charge in [-0.25, -0.2) is 9.78 Å². The predicted octanol–water partition coefficient (Wildman–Crippen LogP) is 3.71. The molecule has 3 heterocycles. The van der Waals surface area contributed by atoms with E-state index in [1.807, 2.05) is 11.5 Å². The van der Waals surface area contributed by atoms with Crippen molar-refractivity contribution in [2.45, 2.75) is 58.0 Å². The lowest BCUT2D eigenvalue weighted by Gasteiger charge is -2.32. The van der Waals surface area contributed by atoms with Crippen molar-refractivity contribution in [3.63, 3.8) is 0 Å². The number of hydrogen-bond donors (Lipinski definition) is 1. The Kier molecular flexibility index (Phi) is 5.00. The van der Waals surface area contributed by atoms with Crippen LogP contribution in [0.3, 0.4) is 0 Å². The normalized spacial score (nSPS) is 27.1. The average Bonchev–Trinajstić information content (AvgIpc) is 3.15. The van der Waals surface area contributed by atoms with Gasteiger partial charge in [0, 0.05) is 5.92 Å². The first-order valence-corrected chi connectivity index (χ1v) is 9.84. The van der Waals surface area contributed by atoms with Crippen molar-refractivity contribution in [1.29, 1.82) is 0 Å². The van der Waals surface area contributed by atoms with Gasteiger partial charge < -0.3 is 18.8 Å². The number of hydrogen-bond acceptors (Lipinski definition) is 7. The maximum Gasteiger partial charge on any atom is 0.414 e. The van der Waals surface area contributed by atoms with Crippen molar-refractivity contribution in [3.8, 4) is 0 Å². The monoisotopic (exact) mass is 421 g/mol. The predicted molar refractivity (Wildman–Crippen MR) is 107 cm³/mol. The van der Waals surface area contributed by atoms with Gasteiger partial charge in [0.25, 0.3) is 0 Å². The lowest BCUT2D eigenvalue weighted by Crippen LogP contribution is -2.36. The van der Waals surface area contributed by atoms with Crippen LogP contribution in [-0.4, -0.2) is 50.2 Å². The maximum absolute atomic E-state index is 12.1. The van der Waals surface area contributed by atoms with Crippen LogP contribution in [0, 0.1) is 5.92 Å². The molecule has 0 bridgehead atoms. The second-order valence-electron chi connectivity index (χ2n) is 8.34. The lowest BCUT2D eigenvalue weighted by molar-refractivity contribution is -0.187. The van der Waals surface area contributed by atoms with Crippen LogP contribution in [0.25, 0.3) is 11.2 Å². The highest BCUT2D eigenvalue weighted by molar-refractivity contribution is 6.33. The van der Waals surface area contributed by atoms with Crippen LogP contribution in [0.2, 0.25) is 5.15 Å². The van der Waals surface area contributed by atoms with Gasteiger partial charge in [-0.3, -0.25) is 5.32 Å². The molecular formula is C19H24ClN5O4. The van der Waals surface area contributed by atoms with Gasteiger partial charge in [0.15, 0.2) is 10.8 Å². The largest absolute Gasteiger partial charge is 0.444 e. The summed E-state index contributed by atoms with van der Waals surface area (Å²) in [6, 6.07) is -0.0699. The summed E-state index contributed by atoms with van der Waals surface area (Å²) in [4.78, 5) is 25.0. The number of imidazole rings is 1. The zero-order valence-electron chi connectivity index (χ0n) is 16.8. The second kappa shape index (κ2) is 7.23. The molecule has 1 unspecified atom stereocenters. The first-order valence-electron chi connectivity index (χ1n) is 9.46. The number of anilines is 1. The fourth-order valence-electron chi connectivity index (χ4n) is 3.95. The number of ether oxygens (including phenoxy) is 3. The molecule has 2 aliphatic rings. The Morgan fingerprint density at radius 1 is 1.38 bits per heavy atom. The number of amides is 1. The summed E-state index contributed by atoms with van der Waals surface area (Å²) in [5.41, 5.74) is 1.32. The van der Waals surface area contributed by atoms with Gasteiger partial charge in [-0.1, -0.05) is 18.2 Å². The molecule has 2 aromatic rings. The second-order valence-corrected chi connectivity index (χ2v) is 8.69. The van der Waals surface area contributed by atoms with Crippen molar-refractivity contribution in [2.75, 3.05) is 12.1 Å². The van der Waals surface area contributed by atoms with E-state index in [1.54, 1.807) is 27.1 Å². The van der Waals surface area contributed by atoms with E-state index in [4.69, 9.17) is 25.8 Å². The Morgan fingerprint density at radius 2 is 2.14 bits per heavy atom. The fourth-order valence-corrected chi connectivity index (χ4v) is 4.16. The summed E-state index contributed by atoms with van der Waals surface area (Å²) >= 11 is 6.29. The van der Waals surface area contributed by atoms with Gasteiger partial charge in [0.1, 0.15) is 17.9 Å². The number of aromatic nitrogens is 4. The molecule has 0 spiro atoms. The summed E-state index contributed by atoms with van der Waals surface area (Å²) in [5.74, 6) is 0.148. The molecule has 4 atom stereocenters. The van der Waals surface area contributed by atoms with Gasteiger partial charge in [-0.15, -0.1) is 0 Å². The van der Waals surface area contributed by atoms with Gasteiger partial charge >= 0.3 is 6.09 Å². The molecule has 1 saturated heterocycles. The average molecular weight is 422 g/mol. The molecule has 1 saturated carbocycles. The Morgan fingerprint density at radius 3 is 2.83 bits per heavy atom. The number of nitrogens with one attached hydrogen (secondary N) is 1. The highest BCUT2D eigenvalue weighted by atomic mass is 35.5. The minimum atomic E-state index is -0.658. The topological polar surface area (TPSA) is 100 Å². The standard InChI is InChI=1S/C19H24ClN5O4/c1-9-11(6-12-13(9)10(2)27-8-28-12)25-7-21-14-15(20)22-17(23-16(14)25)24-18(26)29-19(3,4)5/h7,10-13H,1,6,8H2,2-5H3,(H,22,23,24,26)/t10?,11-,12-,13+/m0/s1. The third-order valence-corrected chi connectivity index (χ3v) is 5.42. The molecule has 29 heavy (non-hydrogen) atoms. The molecular weight excluding hydrogens is 398 g/mol. The molecule has 1 amide bonds. The summed E-state index contributed by atoms with van der Waals surface area (Å²) in [6.45, 7) is 11.9. The molecule has 9 nitrogen and oxygen atoms in total. The van der Waals surface area contributed by atoms with E-state index in [0.29, 0.717) is 11.2 Å². The molecule has 0 radical (unpaired) electrons. The van der Waals surface area contributed by atoms with Crippen molar-refractivity contribution < 1.29 is 19.0 Å². The SMILES string of the molecule is C=C1[C@@H]2C(C)OCO[C@H]2C[C@@H]1n1cnc2c(Cl)nc(NC(=O)OC(C)(C)C)nc21. The molecule has 156 valence electrons. The zero-order valence-corrected chi connectivity index (χ0v) is 17.6. The van der Waals surface area contributed by atoms with E-state index >= 15 is 0 Å². The highest BCUT2D eigenvalue weighted by Gasteiger charge is 2.45. The molecule has 0 aromatic carbocycles. The highest BCUT2D eigenvalue weighted by Crippen LogP contribution is 2.45. The Labute approximate surface area is 173 Å². The molecule has 2 aromatic heterocycles. The van der Waals surface area contributed by atoms with Gasteiger partial charge in [-0.2, -0.15) is 9.97 Å². The van der Waals surface area contributed by atoms with E-state index in [9.17, 15) is 4.79 Å². The van der Waals surface area contributed by atoms with E-state index in [2.05, 4.69) is 26.8 Å². The quantitative estimate of drug-likeness (QED) is 0.582. The van der Waals surface area contributed by atoms with Gasteiger partial charge in [0.05, 0.1) is 24.6 Å². The van der Waals surface area contributed by atoms with Crippen LogP contribution in [0.4, 0.5) is 10.7 Å². The van der Waals surface area contributed by atoms with Crippen LogP contribution in [0.1, 0.15) is 40.2 Å². The van der Waals surface area contributed by atoms with Crippen LogP contribution in [0.5, 0.6) is 0 Å². The smallest absolute Gasteiger partial charge is 0.414 e. The minimum absolute atomic E-state index is 0.0312. The Bertz CT molecular complexity index is 969. The summed E-state index contributed by atoms with van der Waals surface area (Å²) < 4.78 is 18.6. The third-order valence-electron chi connectivity index (χ3n) is 5.16. The van der Waals surface area contributed by atoms with Crippen LogP contribution in [0.15, 0.2) is 18.5 Å². The number of carbonyl (C=O) groups excluding carboxylic acids is 1. The molecule has 1 N–H and O–H groups in total. The molecule has 4 rings (SSSR count). The van der Waals surface area contributed by atoms with E-state index in [1.165, 1.54) is 0 Å². The van der Waals surface area contributed by atoms with Crippen LogP contribution >= 0.6 is 11.6 Å². The van der Waals surface area contributed by atoms with E-state index in [0.717, 1.165) is 12.0 Å². The Hall–Kier alpha value is -2.23. The van der Waals surface area contributed by atoms with Crippen molar-refractivity contribution >= 4 is 34.8 Å². The van der Waals surface area contributed by atoms with Gasteiger partial charge in [0.2, 0.25) is 5.95 Å². The molecule has 2 fully saturated rings. The first-order chi connectivity index (χ1) is 13.6. The third kappa shape index (κ3) is 3.82. The van der Waals surface area contributed by atoms with E-state index in [-0.39, 0.29) is 42.1 Å². The summed E-state index contributed by atoms with van der Waals surface area (Å²) in [6.07, 6.45) is 1.81. The molecule has 1 aliphatic heterocycles. The Balaban J connectivity index is 1.65. The van der Waals surface area contributed by atoms with E-state index < -0.39 is 11.7 Å². The number of nitrogens with zero attached hydrogens (tertiary/aromatic N) is 4. The van der Waals surface area contributed by atoms with Gasteiger partial charge in [-0.05, 0) is 39.7 Å². The van der Waals surface area contributed by atoms with Crippen molar-refractivity contribution in [3.05, 3.63) is 23.6 Å². The number of halogens is 1. The number of rotatable bonds is 2. The van der Waals surface area contributed by atoms with Crippen LogP contribution < -0.4 is 5.32 Å². The molecule has 1 aliphatic carbocycles. The maximum atomic E-state index is 12.1. The number of fused-ring (bicyclic) bond motifs is 2. The minimum Gasteiger partial charge on any atom is -0.444 e. The zero-order chi connectivity index (χ0) is 20.9.